The van der Waals surface area contributed by atoms with E-state index in [-0.39, 0.29) is 23.8 Å². The summed E-state index contributed by atoms with van der Waals surface area (Å²) in [7, 11) is 1.45. The maximum atomic E-state index is 11.8. The van der Waals surface area contributed by atoms with Gasteiger partial charge in [-0.25, -0.2) is 9.48 Å². The molecule has 8 nitrogen and oxygen atoms in total. The molecule has 0 spiro atoms. The summed E-state index contributed by atoms with van der Waals surface area (Å²) in [5.74, 6) is -0.0469. The molecule has 22 heavy (non-hydrogen) atoms. The van der Waals surface area contributed by atoms with E-state index in [9.17, 15) is 9.59 Å². The molecule has 0 atom stereocenters. The van der Waals surface area contributed by atoms with Crippen LogP contribution < -0.4 is 5.56 Å². The molecule has 0 radical (unpaired) electrons. The molecule has 0 bridgehead atoms. The minimum absolute atomic E-state index is 0.0279. The quantitative estimate of drug-likeness (QED) is 0.667. The lowest BCUT2D eigenvalue weighted by Crippen LogP contribution is -2.21. The number of esters is 1. The minimum atomic E-state index is -0.675. The van der Waals surface area contributed by atoms with Crippen molar-refractivity contribution in [1.29, 1.82) is 0 Å². The van der Waals surface area contributed by atoms with E-state index >= 15 is 0 Å². The first-order valence-electron chi connectivity index (χ1n) is 6.21. The van der Waals surface area contributed by atoms with Gasteiger partial charge in [-0.15, -0.1) is 11.3 Å². The predicted molar refractivity (Wildman–Crippen MR) is 76.2 cm³/mol. The van der Waals surface area contributed by atoms with Gasteiger partial charge in [0.1, 0.15) is 0 Å². The Morgan fingerprint density at radius 1 is 1.41 bits per heavy atom. The fourth-order valence-electron chi connectivity index (χ4n) is 1.63. The van der Waals surface area contributed by atoms with E-state index in [2.05, 4.69) is 15.2 Å². The minimum Gasteiger partial charge on any atom is -0.451 e. The van der Waals surface area contributed by atoms with Gasteiger partial charge in [0.2, 0.25) is 5.82 Å². The van der Waals surface area contributed by atoms with E-state index in [4.69, 9.17) is 9.26 Å². The maximum Gasteiger partial charge on any atom is 0.359 e. The van der Waals surface area contributed by atoms with Crippen LogP contribution in [-0.4, -0.2) is 25.9 Å². The highest BCUT2D eigenvalue weighted by atomic mass is 32.1. The Bertz CT molecular complexity index is 853. The van der Waals surface area contributed by atoms with E-state index in [1.165, 1.54) is 30.5 Å². The fourth-order valence-corrected chi connectivity index (χ4v) is 2.28. The van der Waals surface area contributed by atoms with Crippen LogP contribution in [0.1, 0.15) is 16.4 Å². The summed E-state index contributed by atoms with van der Waals surface area (Å²) in [6, 6.07) is 6.28. The highest BCUT2D eigenvalue weighted by molar-refractivity contribution is 7.13. The molecular formula is C13H10N4O4S. The van der Waals surface area contributed by atoms with Gasteiger partial charge in [0, 0.05) is 13.1 Å². The smallest absolute Gasteiger partial charge is 0.359 e. The Labute approximate surface area is 128 Å². The van der Waals surface area contributed by atoms with Crippen LogP contribution in [-0.2, 0) is 18.4 Å². The van der Waals surface area contributed by atoms with Crippen LogP contribution in [0.2, 0.25) is 0 Å². The number of nitrogens with zero attached hydrogens (tertiary/aromatic N) is 4. The third-order valence-corrected chi connectivity index (χ3v) is 3.57. The first-order chi connectivity index (χ1) is 10.6. The Balaban J connectivity index is 1.66. The third kappa shape index (κ3) is 2.93. The van der Waals surface area contributed by atoms with Crippen LogP contribution in [0.25, 0.3) is 10.7 Å². The summed E-state index contributed by atoms with van der Waals surface area (Å²) < 4.78 is 11.1. The van der Waals surface area contributed by atoms with Gasteiger partial charge >= 0.3 is 5.97 Å². The highest BCUT2D eigenvalue weighted by Gasteiger charge is 2.14. The second-order valence-electron chi connectivity index (χ2n) is 4.25. The van der Waals surface area contributed by atoms with Crippen molar-refractivity contribution in [2.75, 3.05) is 0 Å². The van der Waals surface area contributed by atoms with Gasteiger partial charge in [-0.1, -0.05) is 11.2 Å². The number of ether oxygens (including phenoxy) is 1. The highest BCUT2D eigenvalue weighted by Crippen LogP contribution is 2.21. The third-order valence-electron chi connectivity index (χ3n) is 2.71. The van der Waals surface area contributed by atoms with Crippen molar-refractivity contribution < 1.29 is 14.1 Å². The molecule has 0 saturated heterocycles. The van der Waals surface area contributed by atoms with Gasteiger partial charge in [0.25, 0.3) is 11.4 Å². The van der Waals surface area contributed by atoms with Crippen molar-refractivity contribution in [2.45, 2.75) is 6.61 Å². The van der Waals surface area contributed by atoms with Crippen molar-refractivity contribution >= 4 is 17.3 Å². The SMILES string of the molecule is Cn1nc(C(=O)OCc2nc(-c3cccs3)no2)ccc1=O. The molecule has 0 fully saturated rings. The van der Waals surface area contributed by atoms with Gasteiger partial charge in [0.05, 0.1) is 4.88 Å². The molecule has 0 amide bonds. The number of carbonyl (C=O) groups is 1. The van der Waals surface area contributed by atoms with Crippen molar-refractivity contribution in [2.24, 2.45) is 7.05 Å². The summed E-state index contributed by atoms with van der Waals surface area (Å²) in [5.41, 5.74) is -0.283. The largest absolute Gasteiger partial charge is 0.451 e. The number of aryl methyl sites for hydroxylation is 1. The summed E-state index contributed by atoms with van der Waals surface area (Å²) >= 11 is 1.48. The standard InChI is InChI=1S/C13H10N4O4S/c1-17-11(18)5-4-8(15-17)13(19)20-7-10-14-12(16-21-10)9-3-2-6-22-9/h2-6H,7H2,1H3. The maximum absolute atomic E-state index is 11.8. The molecule has 3 rings (SSSR count). The number of hydrogen-bond acceptors (Lipinski definition) is 8. The lowest BCUT2D eigenvalue weighted by atomic mass is 10.4. The van der Waals surface area contributed by atoms with E-state index < -0.39 is 5.97 Å². The predicted octanol–water partition coefficient (Wildman–Crippen LogP) is 1.25. The van der Waals surface area contributed by atoms with Gasteiger partial charge < -0.3 is 9.26 Å². The van der Waals surface area contributed by atoms with Crippen LogP contribution in [0, 0.1) is 0 Å². The van der Waals surface area contributed by atoms with E-state index in [0.29, 0.717) is 5.82 Å². The lowest BCUT2D eigenvalue weighted by Gasteiger charge is -2.02. The molecule has 0 unspecified atom stereocenters. The Morgan fingerprint density at radius 2 is 2.27 bits per heavy atom. The second-order valence-corrected chi connectivity index (χ2v) is 5.19. The molecule has 0 saturated carbocycles. The number of hydrogen-bond donors (Lipinski definition) is 0. The molecule has 9 heteroatoms. The average molecular weight is 318 g/mol. The second kappa shape index (κ2) is 5.90. The van der Waals surface area contributed by atoms with E-state index in [1.807, 2.05) is 17.5 Å². The fraction of sp³-hybridized carbons (Fsp3) is 0.154. The lowest BCUT2D eigenvalue weighted by molar-refractivity contribution is 0.0420. The van der Waals surface area contributed by atoms with Crippen LogP contribution in [0.5, 0.6) is 0 Å². The Hall–Kier alpha value is -2.81. The molecule has 112 valence electrons. The van der Waals surface area contributed by atoms with Gasteiger partial charge in [-0.05, 0) is 17.5 Å². The van der Waals surface area contributed by atoms with Crippen molar-refractivity contribution in [3.05, 3.63) is 51.6 Å². The molecule has 3 heterocycles. The molecule has 0 aliphatic heterocycles. The van der Waals surface area contributed by atoms with Crippen LogP contribution >= 0.6 is 11.3 Å². The number of aromatic nitrogens is 4. The number of rotatable bonds is 4. The van der Waals surface area contributed by atoms with Gasteiger partial charge in [-0.3, -0.25) is 4.79 Å². The first-order valence-corrected chi connectivity index (χ1v) is 7.09. The average Bonchev–Trinajstić information content (AvgIpc) is 3.18. The molecule has 0 aliphatic carbocycles. The summed E-state index contributed by atoms with van der Waals surface area (Å²) in [4.78, 5) is 28.0. The van der Waals surface area contributed by atoms with Crippen LogP contribution in [0.4, 0.5) is 0 Å². The summed E-state index contributed by atoms with van der Waals surface area (Å²) in [5, 5.41) is 9.50. The van der Waals surface area contributed by atoms with Gasteiger partial charge in [-0.2, -0.15) is 10.1 Å². The topological polar surface area (TPSA) is 100 Å². The van der Waals surface area contributed by atoms with Crippen LogP contribution in [0.3, 0.4) is 0 Å². The van der Waals surface area contributed by atoms with Crippen molar-refractivity contribution in [1.82, 2.24) is 19.9 Å². The Morgan fingerprint density at radius 3 is 3.00 bits per heavy atom. The summed E-state index contributed by atoms with van der Waals surface area (Å²) in [6.45, 7) is -0.165. The Kier molecular flexibility index (Phi) is 3.79. The van der Waals surface area contributed by atoms with E-state index in [0.717, 1.165) is 9.56 Å². The molecule has 0 N–H and O–H groups in total. The monoisotopic (exact) mass is 318 g/mol. The molecule has 3 aromatic rings. The zero-order valence-electron chi connectivity index (χ0n) is 11.4. The zero-order chi connectivity index (χ0) is 15.5. The number of carbonyl (C=O) groups excluding carboxylic acids is 1. The van der Waals surface area contributed by atoms with E-state index in [1.54, 1.807) is 0 Å². The molecule has 3 aromatic heterocycles. The normalized spacial score (nSPS) is 10.6. The van der Waals surface area contributed by atoms with Crippen molar-refractivity contribution in [3.63, 3.8) is 0 Å². The molecular weight excluding hydrogens is 308 g/mol. The number of thiophene rings is 1. The van der Waals surface area contributed by atoms with Crippen molar-refractivity contribution in [3.8, 4) is 10.7 Å². The zero-order valence-corrected chi connectivity index (χ0v) is 12.2. The molecule has 0 aromatic carbocycles. The first kappa shape index (κ1) is 14.1. The summed E-state index contributed by atoms with van der Waals surface area (Å²) in [6.07, 6.45) is 0. The van der Waals surface area contributed by atoms with Crippen LogP contribution in [0.15, 0.2) is 39.0 Å². The molecule has 0 aliphatic rings. The van der Waals surface area contributed by atoms with Gasteiger partial charge in [0.15, 0.2) is 12.3 Å².